The van der Waals surface area contributed by atoms with Crippen molar-refractivity contribution in [3.8, 4) is 0 Å². The Morgan fingerprint density at radius 1 is 1.05 bits per heavy atom. The minimum absolute atomic E-state index is 0.234. The van der Waals surface area contributed by atoms with Gasteiger partial charge in [0, 0.05) is 6.54 Å². The summed E-state index contributed by atoms with van der Waals surface area (Å²) < 4.78 is 12.9. The number of nitrogens with one attached hydrogen (secondary N) is 2. The predicted molar refractivity (Wildman–Crippen MR) is 73.0 cm³/mol. The normalized spacial score (nSPS) is 10.1. The number of carbonyl (C=O) groups excluding carboxylic acids is 1. The molecule has 0 heterocycles. The van der Waals surface area contributed by atoms with Gasteiger partial charge in [0.25, 0.3) is 0 Å². The molecule has 2 N–H and O–H groups in total. The Labute approximate surface area is 116 Å². The minimum atomic E-state index is -0.467. The average molecular weight is 274 g/mol. The van der Waals surface area contributed by atoms with Gasteiger partial charge in [0.15, 0.2) is 0 Å². The van der Waals surface area contributed by atoms with Crippen LogP contribution >= 0.6 is 0 Å². The van der Waals surface area contributed by atoms with E-state index in [1.165, 1.54) is 12.1 Å². The van der Waals surface area contributed by atoms with Crippen molar-refractivity contribution in [3.63, 3.8) is 0 Å². The maximum atomic E-state index is 12.9. The molecule has 0 bridgehead atoms. The first-order valence-electron chi connectivity index (χ1n) is 6.18. The predicted octanol–water partition coefficient (Wildman–Crippen LogP) is 2.76. The lowest BCUT2D eigenvalue weighted by atomic mass is 10.2. The highest BCUT2D eigenvalue weighted by Crippen LogP contribution is 2.02. The van der Waals surface area contributed by atoms with Crippen LogP contribution in [0.15, 0.2) is 54.6 Å². The highest BCUT2D eigenvalue weighted by atomic mass is 19.1. The summed E-state index contributed by atoms with van der Waals surface area (Å²) in [5, 5.41) is 2.57. The fraction of sp³-hybridized carbons (Fsp3) is 0.133. The van der Waals surface area contributed by atoms with Crippen LogP contribution in [0.5, 0.6) is 0 Å². The number of carbonyl (C=O) groups is 1. The molecule has 104 valence electrons. The molecule has 0 unspecified atom stereocenters. The van der Waals surface area contributed by atoms with Crippen LogP contribution in [-0.2, 0) is 18.0 Å². The van der Waals surface area contributed by atoms with E-state index in [2.05, 4.69) is 10.8 Å². The summed E-state index contributed by atoms with van der Waals surface area (Å²) in [5.74, 6) is -0.329. The Morgan fingerprint density at radius 3 is 2.55 bits per heavy atom. The van der Waals surface area contributed by atoms with Gasteiger partial charge in [-0.15, -0.1) is 0 Å². The van der Waals surface area contributed by atoms with E-state index in [-0.39, 0.29) is 19.0 Å². The molecule has 0 aliphatic heterocycles. The van der Waals surface area contributed by atoms with Crippen molar-refractivity contribution in [1.29, 1.82) is 0 Å². The molecule has 0 radical (unpaired) electrons. The number of hydrogen-bond donors (Lipinski definition) is 2. The third-order valence-corrected chi connectivity index (χ3v) is 2.59. The first kappa shape index (κ1) is 14.0. The zero-order valence-corrected chi connectivity index (χ0v) is 10.8. The third-order valence-electron chi connectivity index (χ3n) is 2.59. The highest BCUT2D eigenvalue weighted by Gasteiger charge is 2.01. The van der Waals surface area contributed by atoms with E-state index in [1.54, 1.807) is 12.1 Å². The van der Waals surface area contributed by atoms with Gasteiger partial charge in [-0.05, 0) is 23.3 Å². The van der Waals surface area contributed by atoms with Crippen molar-refractivity contribution in [2.75, 3.05) is 0 Å². The number of hydrogen-bond acceptors (Lipinski definition) is 2. The molecule has 20 heavy (non-hydrogen) atoms. The molecular weight excluding hydrogens is 259 g/mol. The lowest BCUT2D eigenvalue weighted by Gasteiger charge is -2.08. The summed E-state index contributed by atoms with van der Waals surface area (Å²) in [5.41, 5.74) is 3.91. The van der Waals surface area contributed by atoms with Crippen molar-refractivity contribution in [3.05, 3.63) is 71.5 Å². The van der Waals surface area contributed by atoms with Crippen LogP contribution in [0.3, 0.4) is 0 Å². The number of hydroxylamine groups is 1. The van der Waals surface area contributed by atoms with Crippen LogP contribution in [0.25, 0.3) is 0 Å². The lowest BCUT2D eigenvalue weighted by Crippen LogP contribution is -2.34. The molecule has 4 nitrogen and oxygen atoms in total. The fourth-order valence-corrected chi connectivity index (χ4v) is 1.62. The topological polar surface area (TPSA) is 50.4 Å². The summed E-state index contributed by atoms with van der Waals surface area (Å²) in [7, 11) is 0. The quantitative estimate of drug-likeness (QED) is 0.824. The Balaban J connectivity index is 1.68. The van der Waals surface area contributed by atoms with Gasteiger partial charge in [-0.25, -0.2) is 14.7 Å². The Hall–Kier alpha value is -2.40. The first-order chi connectivity index (χ1) is 9.74. The molecule has 2 aromatic carbocycles. The molecular formula is C15H15FN2O2. The van der Waals surface area contributed by atoms with Crippen molar-refractivity contribution >= 4 is 6.03 Å². The second kappa shape index (κ2) is 7.25. The number of rotatable bonds is 5. The SMILES string of the molecule is O=C(NCc1cccc(F)c1)NOCc1ccccc1. The molecule has 0 aliphatic carbocycles. The van der Waals surface area contributed by atoms with Gasteiger partial charge in [0.2, 0.25) is 0 Å². The second-order valence-corrected chi connectivity index (χ2v) is 4.19. The van der Waals surface area contributed by atoms with Gasteiger partial charge in [0.1, 0.15) is 5.82 Å². The second-order valence-electron chi connectivity index (χ2n) is 4.19. The number of benzene rings is 2. The molecule has 0 atom stereocenters. The number of amides is 2. The fourth-order valence-electron chi connectivity index (χ4n) is 1.62. The van der Waals surface area contributed by atoms with Crippen LogP contribution < -0.4 is 10.8 Å². The van der Waals surface area contributed by atoms with E-state index in [4.69, 9.17) is 4.84 Å². The van der Waals surface area contributed by atoms with E-state index >= 15 is 0 Å². The molecule has 0 saturated heterocycles. The Bertz CT molecular complexity index is 561. The smallest absolute Gasteiger partial charge is 0.332 e. The van der Waals surface area contributed by atoms with Gasteiger partial charge in [-0.1, -0.05) is 42.5 Å². The monoisotopic (exact) mass is 274 g/mol. The standard InChI is InChI=1S/C15H15FN2O2/c16-14-8-4-7-13(9-14)10-17-15(19)18-20-11-12-5-2-1-3-6-12/h1-9H,10-11H2,(H2,17,18,19). The number of halogens is 1. The van der Waals surface area contributed by atoms with Crippen molar-refractivity contribution < 1.29 is 14.0 Å². The van der Waals surface area contributed by atoms with E-state index < -0.39 is 6.03 Å². The molecule has 0 aromatic heterocycles. The van der Waals surface area contributed by atoms with Gasteiger partial charge < -0.3 is 5.32 Å². The maximum Gasteiger partial charge on any atom is 0.338 e. The van der Waals surface area contributed by atoms with Crippen molar-refractivity contribution in [2.24, 2.45) is 0 Å². The van der Waals surface area contributed by atoms with Gasteiger partial charge >= 0.3 is 6.03 Å². The van der Waals surface area contributed by atoms with Crippen LogP contribution in [0.1, 0.15) is 11.1 Å². The summed E-state index contributed by atoms with van der Waals surface area (Å²) in [6.45, 7) is 0.520. The van der Waals surface area contributed by atoms with Gasteiger partial charge in [-0.2, -0.15) is 0 Å². The van der Waals surface area contributed by atoms with Crippen LogP contribution in [-0.4, -0.2) is 6.03 Å². The van der Waals surface area contributed by atoms with Gasteiger partial charge in [0.05, 0.1) is 6.61 Å². The molecule has 0 spiro atoms. The minimum Gasteiger partial charge on any atom is -0.332 e. The molecule has 0 fully saturated rings. The van der Waals surface area contributed by atoms with E-state index in [0.717, 1.165) is 5.56 Å². The zero-order chi connectivity index (χ0) is 14.2. The van der Waals surface area contributed by atoms with Crippen molar-refractivity contribution in [1.82, 2.24) is 10.8 Å². The largest absolute Gasteiger partial charge is 0.338 e. The van der Waals surface area contributed by atoms with E-state index in [0.29, 0.717) is 5.56 Å². The van der Waals surface area contributed by atoms with Crippen LogP contribution in [0, 0.1) is 5.82 Å². The molecule has 2 rings (SSSR count). The van der Waals surface area contributed by atoms with E-state index in [1.807, 2.05) is 30.3 Å². The molecule has 0 aliphatic rings. The molecule has 2 aromatic rings. The molecule has 2 amide bonds. The lowest BCUT2D eigenvalue weighted by molar-refractivity contribution is 0.0490. The summed E-state index contributed by atoms with van der Waals surface area (Å²) >= 11 is 0. The number of urea groups is 1. The van der Waals surface area contributed by atoms with Gasteiger partial charge in [-0.3, -0.25) is 4.84 Å². The van der Waals surface area contributed by atoms with Crippen LogP contribution in [0.4, 0.5) is 9.18 Å². The highest BCUT2D eigenvalue weighted by molar-refractivity contribution is 5.72. The Morgan fingerprint density at radius 2 is 1.80 bits per heavy atom. The summed E-state index contributed by atoms with van der Waals surface area (Å²) in [6.07, 6.45) is 0. The average Bonchev–Trinajstić information content (AvgIpc) is 2.46. The molecule has 5 heteroatoms. The Kier molecular flexibility index (Phi) is 5.08. The third kappa shape index (κ3) is 4.70. The molecule has 0 saturated carbocycles. The summed E-state index contributed by atoms with van der Waals surface area (Å²) in [4.78, 5) is 16.5. The zero-order valence-electron chi connectivity index (χ0n) is 10.8. The van der Waals surface area contributed by atoms with Crippen molar-refractivity contribution in [2.45, 2.75) is 13.2 Å². The first-order valence-corrected chi connectivity index (χ1v) is 6.18. The van der Waals surface area contributed by atoms with E-state index in [9.17, 15) is 9.18 Å². The van der Waals surface area contributed by atoms with Crippen LogP contribution in [0.2, 0.25) is 0 Å². The maximum absolute atomic E-state index is 12.9. The summed E-state index contributed by atoms with van der Waals surface area (Å²) in [6, 6.07) is 15.1.